The Kier molecular flexibility index (Phi) is 4.49. The summed E-state index contributed by atoms with van der Waals surface area (Å²) in [5.41, 5.74) is 0.920. The zero-order valence-electron chi connectivity index (χ0n) is 15.3. The second-order valence-electron chi connectivity index (χ2n) is 7.30. The fourth-order valence-corrected chi connectivity index (χ4v) is 3.61. The van der Waals surface area contributed by atoms with E-state index in [1.54, 1.807) is 19.1 Å². The van der Waals surface area contributed by atoms with Gasteiger partial charge in [0.25, 0.3) is 0 Å². The minimum absolute atomic E-state index is 0.000144. The summed E-state index contributed by atoms with van der Waals surface area (Å²) in [4.78, 5) is 30.1. The number of amides is 3. The molecule has 2 saturated heterocycles. The molecular weight excluding hydrogens is 320 g/mol. The summed E-state index contributed by atoms with van der Waals surface area (Å²) in [7, 11) is 3.36. The van der Waals surface area contributed by atoms with Gasteiger partial charge >= 0.3 is 6.03 Å². The monoisotopic (exact) mass is 346 g/mol. The van der Waals surface area contributed by atoms with Gasteiger partial charge in [0.2, 0.25) is 5.91 Å². The molecule has 2 fully saturated rings. The van der Waals surface area contributed by atoms with Gasteiger partial charge < -0.3 is 24.8 Å². The summed E-state index contributed by atoms with van der Waals surface area (Å²) in [5, 5.41) is 2.75. The van der Waals surface area contributed by atoms with Crippen molar-refractivity contribution in [1.82, 2.24) is 15.1 Å². The molecule has 2 aliphatic rings. The van der Waals surface area contributed by atoms with Gasteiger partial charge in [0.15, 0.2) is 0 Å². The van der Waals surface area contributed by atoms with Crippen molar-refractivity contribution in [3.8, 4) is 5.75 Å². The minimum Gasteiger partial charge on any atom is -0.497 e. The van der Waals surface area contributed by atoms with E-state index in [-0.39, 0.29) is 17.5 Å². The molecular formula is C18H26N4O3. The van der Waals surface area contributed by atoms with E-state index in [1.165, 1.54) is 0 Å². The molecule has 1 aromatic carbocycles. The summed E-state index contributed by atoms with van der Waals surface area (Å²) in [6, 6.07) is 7.36. The summed E-state index contributed by atoms with van der Waals surface area (Å²) in [6.45, 7) is 6.71. The molecule has 1 atom stereocenters. The molecule has 0 unspecified atom stereocenters. The third kappa shape index (κ3) is 3.36. The van der Waals surface area contributed by atoms with Gasteiger partial charge in [0, 0.05) is 32.4 Å². The molecule has 0 radical (unpaired) electrons. The second-order valence-corrected chi connectivity index (χ2v) is 7.30. The number of hydrogen-bond acceptors (Lipinski definition) is 4. The van der Waals surface area contributed by atoms with Gasteiger partial charge in [-0.2, -0.15) is 0 Å². The Balaban J connectivity index is 1.69. The van der Waals surface area contributed by atoms with Crippen molar-refractivity contribution in [2.75, 3.05) is 45.2 Å². The first-order chi connectivity index (χ1) is 11.8. The highest BCUT2D eigenvalue weighted by Crippen LogP contribution is 2.29. The SMILES string of the molecule is COc1ccc(N2CCN(C(=O)[C@@H]3CN(C)C(=O)N3)CC2(C)C)cc1. The van der Waals surface area contributed by atoms with Crippen LogP contribution >= 0.6 is 0 Å². The van der Waals surface area contributed by atoms with Crippen LogP contribution < -0.4 is 15.0 Å². The number of likely N-dealkylation sites (N-methyl/N-ethyl adjacent to an activating group) is 1. The highest BCUT2D eigenvalue weighted by atomic mass is 16.5. The van der Waals surface area contributed by atoms with E-state index in [9.17, 15) is 9.59 Å². The first-order valence-corrected chi connectivity index (χ1v) is 8.54. The Labute approximate surface area is 148 Å². The van der Waals surface area contributed by atoms with Crippen LogP contribution in [0.3, 0.4) is 0 Å². The van der Waals surface area contributed by atoms with Gasteiger partial charge in [-0.25, -0.2) is 4.79 Å². The van der Waals surface area contributed by atoms with Crippen molar-refractivity contribution in [3.05, 3.63) is 24.3 Å². The number of urea groups is 1. The average Bonchev–Trinajstić information content (AvgIpc) is 2.92. The lowest BCUT2D eigenvalue weighted by molar-refractivity contribution is -0.134. The van der Waals surface area contributed by atoms with Crippen LogP contribution in [0.1, 0.15) is 13.8 Å². The van der Waals surface area contributed by atoms with E-state index in [1.807, 2.05) is 29.2 Å². The largest absolute Gasteiger partial charge is 0.497 e. The predicted octanol–water partition coefficient (Wildman–Crippen LogP) is 1.15. The Bertz CT molecular complexity index is 659. The van der Waals surface area contributed by atoms with Crippen molar-refractivity contribution < 1.29 is 14.3 Å². The number of rotatable bonds is 3. The lowest BCUT2D eigenvalue weighted by atomic mass is 9.97. The Morgan fingerprint density at radius 2 is 1.92 bits per heavy atom. The molecule has 0 aromatic heterocycles. The number of methoxy groups -OCH3 is 1. The first kappa shape index (κ1) is 17.4. The number of benzene rings is 1. The lowest BCUT2D eigenvalue weighted by Crippen LogP contribution is -2.62. The van der Waals surface area contributed by atoms with Crippen LogP contribution in [-0.4, -0.2) is 73.7 Å². The minimum atomic E-state index is -0.444. The number of piperazine rings is 1. The van der Waals surface area contributed by atoms with E-state index < -0.39 is 6.04 Å². The van der Waals surface area contributed by atoms with E-state index in [4.69, 9.17) is 4.74 Å². The Morgan fingerprint density at radius 1 is 1.24 bits per heavy atom. The van der Waals surface area contributed by atoms with E-state index >= 15 is 0 Å². The smallest absolute Gasteiger partial charge is 0.317 e. The van der Waals surface area contributed by atoms with E-state index in [0.29, 0.717) is 19.6 Å². The summed E-state index contributed by atoms with van der Waals surface area (Å²) < 4.78 is 5.22. The van der Waals surface area contributed by atoms with Crippen LogP contribution in [0, 0.1) is 0 Å². The third-order valence-electron chi connectivity index (χ3n) is 5.00. The van der Waals surface area contributed by atoms with E-state index in [0.717, 1.165) is 18.0 Å². The molecule has 136 valence electrons. The number of anilines is 1. The predicted molar refractivity (Wildman–Crippen MR) is 95.9 cm³/mol. The van der Waals surface area contributed by atoms with Crippen molar-refractivity contribution in [3.63, 3.8) is 0 Å². The van der Waals surface area contributed by atoms with Gasteiger partial charge in [-0.05, 0) is 38.1 Å². The standard InChI is InChI=1S/C18H26N4O3/c1-18(2)12-21(16(23)15-11-20(3)17(24)19-15)9-10-22(18)13-5-7-14(25-4)8-6-13/h5-8,15H,9-12H2,1-4H3,(H,19,24)/t15-/m0/s1. The average molecular weight is 346 g/mol. The normalized spacial score (nSPS) is 22.8. The number of hydrogen-bond donors (Lipinski definition) is 1. The van der Waals surface area contributed by atoms with Gasteiger partial charge in [-0.1, -0.05) is 0 Å². The topological polar surface area (TPSA) is 65.1 Å². The number of carbonyl (C=O) groups is 2. The maximum Gasteiger partial charge on any atom is 0.317 e. The number of nitrogens with one attached hydrogen (secondary N) is 1. The summed E-state index contributed by atoms with van der Waals surface area (Å²) in [5.74, 6) is 0.830. The lowest BCUT2D eigenvalue weighted by Gasteiger charge is -2.48. The van der Waals surface area contributed by atoms with Crippen LogP contribution in [0.2, 0.25) is 0 Å². The van der Waals surface area contributed by atoms with Gasteiger partial charge in [0.1, 0.15) is 11.8 Å². The van der Waals surface area contributed by atoms with Crippen molar-refractivity contribution in [1.29, 1.82) is 0 Å². The number of nitrogens with zero attached hydrogens (tertiary/aromatic N) is 3. The quantitative estimate of drug-likeness (QED) is 0.892. The van der Waals surface area contributed by atoms with Crippen molar-refractivity contribution in [2.24, 2.45) is 0 Å². The highest BCUT2D eigenvalue weighted by Gasteiger charge is 2.40. The van der Waals surface area contributed by atoms with Crippen LogP contribution in [0.15, 0.2) is 24.3 Å². The second kappa shape index (κ2) is 6.46. The van der Waals surface area contributed by atoms with Gasteiger partial charge in [0.05, 0.1) is 19.2 Å². The van der Waals surface area contributed by atoms with Crippen LogP contribution in [0.5, 0.6) is 5.75 Å². The molecule has 25 heavy (non-hydrogen) atoms. The Hall–Kier alpha value is -2.44. The van der Waals surface area contributed by atoms with Gasteiger partial charge in [-0.3, -0.25) is 4.79 Å². The molecule has 7 heteroatoms. The third-order valence-corrected chi connectivity index (χ3v) is 5.00. The van der Waals surface area contributed by atoms with Gasteiger partial charge in [-0.15, -0.1) is 0 Å². The molecule has 0 bridgehead atoms. The molecule has 2 heterocycles. The fraction of sp³-hybridized carbons (Fsp3) is 0.556. The van der Waals surface area contributed by atoms with Crippen molar-refractivity contribution in [2.45, 2.75) is 25.4 Å². The molecule has 3 rings (SSSR count). The molecule has 0 saturated carbocycles. The molecule has 3 amide bonds. The number of ether oxygens (including phenoxy) is 1. The van der Waals surface area contributed by atoms with Crippen LogP contribution in [0.4, 0.5) is 10.5 Å². The molecule has 1 aromatic rings. The zero-order chi connectivity index (χ0) is 18.2. The highest BCUT2D eigenvalue weighted by molar-refractivity contribution is 5.90. The molecule has 1 N–H and O–H groups in total. The zero-order valence-corrected chi connectivity index (χ0v) is 15.3. The Morgan fingerprint density at radius 3 is 2.44 bits per heavy atom. The maximum atomic E-state index is 12.8. The molecule has 0 spiro atoms. The fourth-order valence-electron chi connectivity index (χ4n) is 3.61. The van der Waals surface area contributed by atoms with Crippen LogP contribution in [-0.2, 0) is 4.79 Å². The molecule has 2 aliphatic heterocycles. The van der Waals surface area contributed by atoms with E-state index in [2.05, 4.69) is 24.1 Å². The summed E-state index contributed by atoms with van der Waals surface area (Å²) in [6.07, 6.45) is 0. The van der Waals surface area contributed by atoms with Crippen LogP contribution in [0.25, 0.3) is 0 Å². The molecule has 0 aliphatic carbocycles. The maximum absolute atomic E-state index is 12.8. The summed E-state index contributed by atoms with van der Waals surface area (Å²) >= 11 is 0. The molecule has 7 nitrogen and oxygen atoms in total. The van der Waals surface area contributed by atoms with Crippen molar-refractivity contribution >= 4 is 17.6 Å². The first-order valence-electron chi connectivity index (χ1n) is 8.54. The number of carbonyl (C=O) groups excluding carboxylic acids is 2.